The Morgan fingerprint density at radius 2 is 2.00 bits per heavy atom. The Bertz CT molecular complexity index is 900. The van der Waals surface area contributed by atoms with Crippen molar-refractivity contribution in [2.24, 2.45) is 0 Å². The summed E-state index contributed by atoms with van der Waals surface area (Å²) in [6, 6.07) is 7.33. The van der Waals surface area contributed by atoms with E-state index in [0.29, 0.717) is 17.7 Å². The molecule has 6 nitrogen and oxygen atoms in total. The number of carbonyl (C=O) groups is 1. The molecule has 27 heavy (non-hydrogen) atoms. The number of hydrogen-bond acceptors (Lipinski definition) is 4. The summed E-state index contributed by atoms with van der Waals surface area (Å²) in [4.78, 5) is 29.3. The lowest BCUT2D eigenvalue weighted by Gasteiger charge is -2.35. The van der Waals surface area contributed by atoms with Gasteiger partial charge in [0.05, 0.1) is 6.04 Å². The second kappa shape index (κ2) is 7.06. The summed E-state index contributed by atoms with van der Waals surface area (Å²) in [5.74, 6) is -0.0942. The Hall–Kier alpha value is -2.83. The van der Waals surface area contributed by atoms with Crippen LogP contribution in [0.4, 0.5) is 14.9 Å². The van der Waals surface area contributed by atoms with E-state index in [1.54, 1.807) is 39.0 Å². The van der Waals surface area contributed by atoms with Crippen molar-refractivity contribution in [3.63, 3.8) is 0 Å². The minimum atomic E-state index is -0.644. The lowest BCUT2D eigenvalue weighted by Crippen LogP contribution is -2.48. The maximum absolute atomic E-state index is 13.1. The lowest BCUT2D eigenvalue weighted by molar-refractivity contribution is 0.0546. The first-order valence-corrected chi connectivity index (χ1v) is 8.80. The van der Waals surface area contributed by atoms with Gasteiger partial charge in [0.1, 0.15) is 23.7 Å². The number of amides is 1. The Kier molecular flexibility index (Phi) is 4.95. The van der Waals surface area contributed by atoms with Crippen LogP contribution in [-0.4, -0.2) is 29.3 Å². The molecule has 1 aromatic carbocycles. The maximum Gasteiger partial charge on any atom is 0.415 e. The standard InChI is InChI=1S/C20H23FN2O4/c1-12-11-26-18-16(23(12)19(25)27-20(2,3)4)10-14(17(24)22-18)9-13-5-7-15(21)8-6-13/h5-8,10,12H,9,11H2,1-4H3,(H,22,24)/t12-/m0/s1. The third kappa shape index (κ3) is 4.30. The van der Waals surface area contributed by atoms with Crippen LogP contribution in [0, 0.1) is 5.82 Å². The molecule has 0 saturated heterocycles. The second-order valence-corrected chi connectivity index (χ2v) is 7.65. The van der Waals surface area contributed by atoms with Crippen LogP contribution in [0.25, 0.3) is 0 Å². The zero-order valence-corrected chi connectivity index (χ0v) is 15.8. The molecule has 0 radical (unpaired) electrons. The minimum Gasteiger partial charge on any atom is -0.475 e. The molecule has 0 spiro atoms. The molecule has 2 heterocycles. The van der Waals surface area contributed by atoms with Crippen LogP contribution in [0.2, 0.25) is 0 Å². The van der Waals surface area contributed by atoms with Crippen LogP contribution in [-0.2, 0) is 11.2 Å². The van der Waals surface area contributed by atoms with Gasteiger partial charge < -0.3 is 9.47 Å². The summed E-state index contributed by atoms with van der Waals surface area (Å²) in [5, 5.41) is 0. The number of aromatic amines is 1. The van der Waals surface area contributed by atoms with Gasteiger partial charge in [-0.25, -0.2) is 9.18 Å². The Labute approximate surface area is 156 Å². The van der Waals surface area contributed by atoms with Crippen LogP contribution in [0.5, 0.6) is 5.88 Å². The zero-order chi connectivity index (χ0) is 19.8. The number of ether oxygens (including phenoxy) is 2. The molecular formula is C20H23FN2O4. The number of rotatable bonds is 2. The number of nitrogens with one attached hydrogen (secondary N) is 1. The van der Waals surface area contributed by atoms with Crippen molar-refractivity contribution in [2.75, 3.05) is 11.5 Å². The molecule has 1 amide bonds. The quantitative estimate of drug-likeness (QED) is 0.871. The number of pyridine rings is 1. The fraction of sp³-hybridized carbons (Fsp3) is 0.400. The number of H-pyrrole nitrogens is 1. The van der Waals surface area contributed by atoms with Crippen LogP contribution >= 0.6 is 0 Å². The van der Waals surface area contributed by atoms with E-state index in [0.717, 1.165) is 5.56 Å². The highest BCUT2D eigenvalue weighted by molar-refractivity contribution is 5.90. The smallest absolute Gasteiger partial charge is 0.415 e. The lowest BCUT2D eigenvalue weighted by atomic mass is 10.1. The van der Waals surface area contributed by atoms with E-state index in [2.05, 4.69) is 4.98 Å². The summed E-state index contributed by atoms with van der Waals surface area (Å²) >= 11 is 0. The molecule has 144 valence electrons. The molecule has 1 aliphatic rings. The third-order valence-corrected chi connectivity index (χ3v) is 4.13. The summed E-state index contributed by atoms with van der Waals surface area (Å²) in [7, 11) is 0. The second-order valence-electron chi connectivity index (χ2n) is 7.65. The Balaban J connectivity index is 1.97. The van der Waals surface area contributed by atoms with E-state index in [-0.39, 0.29) is 29.9 Å². The average Bonchev–Trinajstić information content (AvgIpc) is 2.56. The molecule has 0 fully saturated rings. The van der Waals surface area contributed by atoms with Gasteiger partial charge in [0.2, 0.25) is 5.88 Å². The first-order chi connectivity index (χ1) is 12.6. The van der Waals surface area contributed by atoms with Crippen molar-refractivity contribution < 1.29 is 18.7 Å². The van der Waals surface area contributed by atoms with Gasteiger partial charge in [-0.2, -0.15) is 0 Å². The van der Waals surface area contributed by atoms with E-state index < -0.39 is 11.7 Å². The molecule has 7 heteroatoms. The predicted octanol–water partition coefficient (Wildman–Crippen LogP) is 3.63. The number of benzene rings is 1. The molecule has 0 saturated carbocycles. The van der Waals surface area contributed by atoms with Gasteiger partial charge in [0.25, 0.3) is 5.56 Å². The first-order valence-electron chi connectivity index (χ1n) is 8.80. The van der Waals surface area contributed by atoms with Crippen molar-refractivity contribution in [1.82, 2.24) is 4.98 Å². The predicted molar refractivity (Wildman–Crippen MR) is 99.9 cm³/mol. The molecular weight excluding hydrogens is 351 g/mol. The number of carbonyl (C=O) groups excluding carboxylic acids is 1. The normalized spacial score (nSPS) is 16.5. The molecule has 1 N–H and O–H groups in total. The van der Waals surface area contributed by atoms with Crippen molar-refractivity contribution in [3.8, 4) is 5.88 Å². The largest absolute Gasteiger partial charge is 0.475 e. The van der Waals surface area contributed by atoms with E-state index in [9.17, 15) is 14.0 Å². The minimum absolute atomic E-state index is 0.242. The molecule has 0 aliphatic carbocycles. The summed E-state index contributed by atoms with van der Waals surface area (Å²) < 4.78 is 24.2. The Morgan fingerprint density at radius 3 is 2.63 bits per heavy atom. The van der Waals surface area contributed by atoms with Gasteiger partial charge in [-0.05, 0) is 51.5 Å². The number of fused-ring (bicyclic) bond motifs is 1. The first kappa shape index (κ1) is 18.9. The molecule has 0 unspecified atom stereocenters. The van der Waals surface area contributed by atoms with Gasteiger partial charge >= 0.3 is 6.09 Å². The van der Waals surface area contributed by atoms with Gasteiger partial charge in [0.15, 0.2) is 0 Å². The van der Waals surface area contributed by atoms with Gasteiger partial charge in [0, 0.05) is 12.0 Å². The average molecular weight is 374 g/mol. The van der Waals surface area contributed by atoms with Crippen molar-refractivity contribution in [1.29, 1.82) is 0 Å². The number of aromatic nitrogens is 1. The topological polar surface area (TPSA) is 71.6 Å². The van der Waals surface area contributed by atoms with Crippen LogP contribution in [0.15, 0.2) is 35.1 Å². The van der Waals surface area contributed by atoms with Crippen molar-refractivity contribution >= 4 is 11.8 Å². The monoisotopic (exact) mass is 374 g/mol. The maximum atomic E-state index is 13.1. The summed E-state index contributed by atoms with van der Waals surface area (Å²) in [5.41, 5.74) is 0.743. The van der Waals surface area contributed by atoms with E-state index in [1.165, 1.54) is 17.0 Å². The fourth-order valence-corrected chi connectivity index (χ4v) is 2.89. The number of nitrogens with zero attached hydrogens (tertiary/aromatic N) is 1. The van der Waals surface area contributed by atoms with Gasteiger partial charge in [-0.3, -0.25) is 14.7 Å². The molecule has 2 aromatic rings. The highest BCUT2D eigenvalue weighted by Crippen LogP contribution is 2.33. The molecule has 0 bridgehead atoms. The molecule has 1 atom stereocenters. The third-order valence-electron chi connectivity index (χ3n) is 4.13. The van der Waals surface area contributed by atoms with Crippen LogP contribution < -0.4 is 15.2 Å². The van der Waals surface area contributed by atoms with E-state index in [1.807, 2.05) is 6.92 Å². The van der Waals surface area contributed by atoms with Crippen LogP contribution in [0.1, 0.15) is 38.8 Å². The molecule has 1 aromatic heterocycles. The van der Waals surface area contributed by atoms with Gasteiger partial charge in [-0.15, -0.1) is 0 Å². The summed E-state index contributed by atoms with van der Waals surface area (Å²) in [6.45, 7) is 7.48. The highest BCUT2D eigenvalue weighted by Gasteiger charge is 2.34. The fourth-order valence-electron chi connectivity index (χ4n) is 2.89. The number of anilines is 1. The zero-order valence-electron chi connectivity index (χ0n) is 15.8. The number of hydrogen-bond donors (Lipinski definition) is 1. The number of halogens is 1. The highest BCUT2D eigenvalue weighted by atomic mass is 19.1. The molecule has 1 aliphatic heterocycles. The van der Waals surface area contributed by atoms with Gasteiger partial charge in [-0.1, -0.05) is 12.1 Å². The summed E-state index contributed by atoms with van der Waals surface area (Å²) in [6.07, 6.45) is -0.196. The van der Waals surface area contributed by atoms with Crippen molar-refractivity contribution in [2.45, 2.75) is 45.8 Å². The van der Waals surface area contributed by atoms with E-state index >= 15 is 0 Å². The molecule has 3 rings (SSSR count). The SMILES string of the molecule is C[C@H]1COc2[nH]c(=O)c(Cc3ccc(F)cc3)cc2N1C(=O)OC(C)(C)C. The van der Waals surface area contributed by atoms with E-state index in [4.69, 9.17) is 9.47 Å². The Morgan fingerprint density at radius 1 is 1.33 bits per heavy atom. The van der Waals surface area contributed by atoms with Crippen LogP contribution in [0.3, 0.4) is 0 Å². The van der Waals surface area contributed by atoms with Crippen molar-refractivity contribution in [3.05, 3.63) is 57.6 Å².